The summed E-state index contributed by atoms with van der Waals surface area (Å²) in [6.45, 7) is 5.60. The Labute approximate surface area is 84.2 Å². The molecule has 0 rings (SSSR count). The lowest BCUT2D eigenvalue weighted by atomic mass is 10.1. The largest absolute Gasteiger partial charge is 0.370 e. The molecule has 0 aliphatic heterocycles. The fraction of sp³-hybridized carbons (Fsp3) is 0.778. The predicted molar refractivity (Wildman–Crippen MR) is 54.3 cm³/mol. The van der Waals surface area contributed by atoms with Gasteiger partial charge in [-0.2, -0.15) is 0 Å². The van der Waals surface area contributed by atoms with Crippen LogP contribution < -0.4 is 16.8 Å². The summed E-state index contributed by atoms with van der Waals surface area (Å²) in [5.41, 5.74) is 10.2. The molecule has 5 N–H and O–H groups in total. The summed E-state index contributed by atoms with van der Waals surface area (Å²) in [5, 5.41) is 2.73. The van der Waals surface area contributed by atoms with Gasteiger partial charge in [0.2, 0.25) is 11.8 Å². The number of nitrogens with one attached hydrogen (secondary N) is 1. The Kier molecular flexibility index (Phi) is 4.56. The van der Waals surface area contributed by atoms with Crippen molar-refractivity contribution in [3.8, 4) is 0 Å². The van der Waals surface area contributed by atoms with Crippen molar-refractivity contribution in [2.45, 2.75) is 45.2 Å². The molecule has 0 spiro atoms. The van der Waals surface area contributed by atoms with Crippen molar-refractivity contribution in [3.05, 3.63) is 0 Å². The molecule has 0 aliphatic rings. The third-order valence-corrected chi connectivity index (χ3v) is 1.54. The van der Waals surface area contributed by atoms with Gasteiger partial charge in [-0.15, -0.1) is 0 Å². The highest BCUT2D eigenvalue weighted by atomic mass is 16.2. The maximum atomic E-state index is 11.4. The van der Waals surface area contributed by atoms with E-state index in [9.17, 15) is 9.59 Å². The Morgan fingerprint density at radius 2 is 1.86 bits per heavy atom. The molecule has 0 fully saturated rings. The quantitative estimate of drug-likeness (QED) is 0.571. The van der Waals surface area contributed by atoms with Crippen molar-refractivity contribution >= 4 is 11.8 Å². The van der Waals surface area contributed by atoms with E-state index in [2.05, 4.69) is 5.32 Å². The minimum absolute atomic E-state index is 0.138. The number of carbonyl (C=O) groups is 2. The van der Waals surface area contributed by atoms with Gasteiger partial charge in [0, 0.05) is 12.0 Å². The Morgan fingerprint density at radius 3 is 2.21 bits per heavy atom. The van der Waals surface area contributed by atoms with Gasteiger partial charge in [0.15, 0.2) is 0 Å². The van der Waals surface area contributed by atoms with Gasteiger partial charge in [-0.1, -0.05) is 0 Å². The fourth-order valence-corrected chi connectivity index (χ4v) is 0.891. The summed E-state index contributed by atoms with van der Waals surface area (Å²) in [6.07, 6.45) is 0.427. The Morgan fingerprint density at radius 1 is 1.36 bits per heavy atom. The van der Waals surface area contributed by atoms with Gasteiger partial charge in [-0.05, 0) is 27.2 Å². The molecule has 0 bridgehead atoms. The average Bonchev–Trinajstić information content (AvgIpc) is 1.96. The molecule has 5 heteroatoms. The van der Waals surface area contributed by atoms with Gasteiger partial charge in [-0.3, -0.25) is 9.59 Å². The standard InChI is InChI=1S/C9H19N3O2/c1-9(2,3)12-8(14)6(10)4-5-7(11)13/h6H,4-5,10H2,1-3H3,(H2,11,13)(H,12,14). The molecule has 0 aromatic carbocycles. The molecule has 0 heterocycles. The summed E-state index contributed by atoms with van der Waals surface area (Å²) in [4.78, 5) is 21.8. The SMILES string of the molecule is CC(C)(C)NC(=O)C(N)CCC(N)=O. The van der Waals surface area contributed by atoms with E-state index < -0.39 is 11.9 Å². The van der Waals surface area contributed by atoms with E-state index in [1.165, 1.54) is 0 Å². The minimum Gasteiger partial charge on any atom is -0.370 e. The third kappa shape index (κ3) is 6.42. The Hall–Kier alpha value is -1.10. The van der Waals surface area contributed by atoms with Crippen molar-refractivity contribution < 1.29 is 9.59 Å². The molecule has 0 aliphatic carbocycles. The highest BCUT2D eigenvalue weighted by Crippen LogP contribution is 2.01. The lowest BCUT2D eigenvalue weighted by Gasteiger charge is -2.22. The lowest BCUT2D eigenvalue weighted by Crippen LogP contribution is -2.49. The van der Waals surface area contributed by atoms with Crippen molar-refractivity contribution in [1.29, 1.82) is 0 Å². The van der Waals surface area contributed by atoms with Crippen LogP contribution in [0, 0.1) is 0 Å². The van der Waals surface area contributed by atoms with Crippen molar-refractivity contribution in [1.82, 2.24) is 5.32 Å². The van der Waals surface area contributed by atoms with Gasteiger partial charge in [0.1, 0.15) is 0 Å². The van der Waals surface area contributed by atoms with Gasteiger partial charge in [0.25, 0.3) is 0 Å². The van der Waals surface area contributed by atoms with E-state index in [4.69, 9.17) is 11.5 Å². The van der Waals surface area contributed by atoms with E-state index in [0.717, 1.165) is 0 Å². The van der Waals surface area contributed by atoms with Crippen LogP contribution in [-0.2, 0) is 9.59 Å². The smallest absolute Gasteiger partial charge is 0.237 e. The summed E-state index contributed by atoms with van der Waals surface area (Å²) in [6, 6.07) is -0.665. The first-order valence-electron chi connectivity index (χ1n) is 4.58. The van der Waals surface area contributed by atoms with Gasteiger partial charge < -0.3 is 16.8 Å². The van der Waals surface area contributed by atoms with Crippen LogP contribution in [0.1, 0.15) is 33.6 Å². The van der Waals surface area contributed by atoms with Crippen LogP contribution >= 0.6 is 0 Å². The first-order valence-corrected chi connectivity index (χ1v) is 4.58. The van der Waals surface area contributed by atoms with E-state index in [1.54, 1.807) is 0 Å². The average molecular weight is 201 g/mol. The monoisotopic (exact) mass is 201 g/mol. The van der Waals surface area contributed by atoms with Crippen LogP contribution in [-0.4, -0.2) is 23.4 Å². The number of primary amides is 1. The molecular formula is C9H19N3O2. The molecule has 1 atom stereocenters. The summed E-state index contributed by atoms with van der Waals surface area (Å²) >= 11 is 0. The molecule has 5 nitrogen and oxygen atoms in total. The van der Waals surface area contributed by atoms with Gasteiger partial charge in [-0.25, -0.2) is 0 Å². The second-order valence-corrected chi connectivity index (χ2v) is 4.35. The zero-order chi connectivity index (χ0) is 11.4. The molecule has 2 amide bonds. The summed E-state index contributed by atoms with van der Waals surface area (Å²) < 4.78 is 0. The van der Waals surface area contributed by atoms with E-state index >= 15 is 0 Å². The maximum absolute atomic E-state index is 11.4. The Balaban J connectivity index is 3.94. The Bertz CT molecular complexity index is 221. The first-order chi connectivity index (χ1) is 6.22. The molecule has 0 radical (unpaired) electrons. The van der Waals surface area contributed by atoms with Crippen LogP contribution in [0.25, 0.3) is 0 Å². The van der Waals surface area contributed by atoms with Crippen LogP contribution in [0.4, 0.5) is 0 Å². The molecule has 1 unspecified atom stereocenters. The van der Waals surface area contributed by atoms with Crippen molar-refractivity contribution in [2.75, 3.05) is 0 Å². The van der Waals surface area contributed by atoms with Crippen LogP contribution in [0.2, 0.25) is 0 Å². The van der Waals surface area contributed by atoms with Crippen molar-refractivity contribution in [3.63, 3.8) is 0 Å². The zero-order valence-electron chi connectivity index (χ0n) is 8.96. The second kappa shape index (κ2) is 4.95. The van der Waals surface area contributed by atoms with Crippen LogP contribution in [0.15, 0.2) is 0 Å². The molecule has 0 saturated heterocycles. The van der Waals surface area contributed by atoms with Gasteiger partial charge >= 0.3 is 0 Å². The number of rotatable bonds is 4. The zero-order valence-corrected chi connectivity index (χ0v) is 8.96. The number of hydrogen-bond acceptors (Lipinski definition) is 3. The third-order valence-electron chi connectivity index (χ3n) is 1.54. The summed E-state index contributed by atoms with van der Waals surface area (Å²) in [5.74, 6) is -0.692. The number of nitrogens with two attached hydrogens (primary N) is 2. The maximum Gasteiger partial charge on any atom is 0.237 e. The van der Waals surface area contributed by atoms with Crippen LogP contribution in [0.3, 0.4) is 0 Å². The number of amides is 2. The molecule has 0 aromatic heterocycles. The number of carbonyl (C=O) groups excluding carboxylic acids is 2. The highest BCUT2D eigenvalue weighted by Gasteiger charge is 2.19. The summed E-state index contributed by atoms with van der Waals surface area (Å²) in [7, 11) is 0. The molecule has 82 valence electrons. The topological polar surface area (TPSA) is 98.2 Å². The van der Waals surface area contributed by atoms with E-state index in [0.29, 0.717) is 0 Å². The highest BCUT2D eigenvalue weighted by molar-refractivity contribution is 5.83. The predicted octanol–water partition coefficient (Wildman–Crippen LogP) is -0.506. The number of hydrogen-bond donors (Lipinski definition) is 3. The first kappa shape index (κ1) is 12.9. The van der Waals surface area contributed by atoms with Crippen molar-refractivity contribution in [2.24, 2.45) is 11.5 Å². The van der Waals surface area contributed by atoms with Gasteiger partial charge in [0.05, 0.1) is 6.04 Å². The van der Waals surface area contributed by atoms with Crippen LogP contribution in [0.5, 0.6) is 0 Å². The fourth-order valence-electron chi connectivity index (χ4n) is 0.891. The normalized spacial score (nSPS) is 13.4. The molecule has 0 aromatic rings. The molecule has 14 heavy (non-hydrogen) atoms. The molecular weight excluding hydrogens is 182 g/mol. The van der Waals surface area contributed by atoms with E-state index in [1.807, 2.05) is 20.8 Å². The molecule has 0 saturated carbocycles. The van der Waals surface area contributed by atoms with E-state index in [-0.39, 0.29) is 24.3 Å². The lowest BCUT2D eigenvalue weighted by molar-refractivity contribution is -0.124. The minimum atomic E-state index is -0.665. The second-order valence-electron chi connectivity index (χ2n) is 4.35.